The van der Waals surface area contributed by atoms with Crippen LogP contribution in [-0.4, -0.2) is 76.0 Å². The average Bonchev–Trinajstić information content (AvgIpc) is 3.41. The second kappa shape index (κ2) is 13.9. The summed E-state index contributed by atoms with van der Waals surface area (Å²) in [4.78, 5) is 56.3. The average molecular weight is 554 g/mol. The molecule has 13 heteroatoms. The van der Waals surface area contributed by atoms with Gasteiger partial charge in [0.1, 0.15) is 23.4 Å². The fourth-order valence-electron chi connectivity index (χ4n) is 4.53. The van der Waals surface area contributed by atoms with Gasteiger partial charge in [-0.15, -0.1) is 0 Å². The van der Waals surface area contributed by atoms with Crippen molar-refractivity contribution in [3.05, 3.63) is 59.7 Å². The number of amides is 3. The van der Waals surface area contributed by atoms with E-state index in [0.717, 1.165) is 17.7 Å². The van der Waals surface area contributed by atoms with Gasteiger partial charge in [-0.2, -0.15) is 0 Å². The number of nitrogens with zero attached hydrogens (tertiary/aromatic N) is 2. The number of rotatable bonds is 12. The van der Waals surface area contributed by atoms with Gasteiger partial charge in [-0.1, -0.05) is 30.3 Å². The number of nitrogens with one attached hydrogen (secondary N) is 2. The molecule has 1 fully saturated rings. The third-order valence-electron chi connectivity index (χ3n) is 6.53. The molecule has 3 unspecified atom stereocenters. The Morgan fingerprint density at radius 2 is 1.82 bits per heavy atom. The van der Waals surface area contributed by atoms with E-state index in [1.165, 1.54) is 11.0 Å². The SMILES string of the molecule is NC(N)=NCCCC(NC(=O)C1CCCN1C(=O)C(N)Cc1ccccc1)C(=O)Nc1ccc(O)c(C(=O)O)c1. The number of nitrogens with two attached hydrogens (primary N) is 3. The number of carboxylic acid groups (broad SMARTS) is 1. The first kappa shape index (κ1) is 29.9. The number of benzene rings is 2. The van der Waals surface area contributed by atoms with Crippen molar-refractivity contribution in [1.82, 2.24) is 10.2 Å². The van der Waals surface area contributed by atoms with Crippen LogP contribution in [0.25, 0.3) is 0 Å². The minimum atomic E-state index is -1.37. The van der Waals surface area contributed by atoms with E-state index in [1.807, 2.05) is 30.3 Å². The van der Waals surface area contributed by atoms with E-state index in [-0.39, 0.29) is 30.5 Å². The highest BCUT2D eigenvalue weighted by molar-refractivity contribution is 6.00. The Hall–Kier alpha value is -4.65. The zero-order valence-corrected chi connectivity index (χ0v) is 22.0. The molecule has 214 valence electrons. The minimum absolute atomic E-state index is 0.109. The molecule has 3 atom stereocenters. The topological polar surface area (TPSA) is 226 Å². The molecule has 2 aromatic rings. The molecule has 10 N–H and O–H groups in total. The quantitative estimate of drug-likeness (QED) is 0.0819. The van der Waals surface area contributed by atoms with E-state index in [1.54, 1.807) is 0 Å². The summed E-state index contributed by atoms with van der Waals surface area (Å²) in [6, 6.07) is 10.3. The van der Waals surface area contributed by atoms with Crippen molar-refractivity contribution in [2.45, 2.75) is 50.2 Å². The number of aromatic hydroxyl groups is 1. The molecule has 0 radical (unpaired) electrons. The van der Waals surface area contributed by atoms with Crippen LogP contribution in [0.1, 0.15) is 41.6 Å². The molecule has 0 spiro atoms. The molecule has 3 amide bonds. The summed E-state index contributed by atoms with van der Waals surface area (Å²) in [6.07, 6.45) is 1.85. The van der Waals surface area contributed by atoms with Crippen LogP contribution in [0.15, 0.2) is 53.5 Å². The van der Waals surface area contributed by atoms with Crippen molar-refractivity contribution in [3.63, 3.8) is 0 Å². The summed E-state index contributed by atoms with van der Waals surface area (Å²) >= 11 is 0. The number of hydrogen-bond acceptors (Lipinski definition) is 7. The smallest absolute Gasteiger partial charge is 0.339 e. The Labute approximate surface area is 231 Å². The van der Waals surface area contributed by atoms with Gasteiger partial charge >= 0.3 is 5.97 Å². The molecule has 13 nitrogen and oxygen atoms in total. The molecule has 0 aliphatic carbocycles. The summed E-state index contributed by atoms with van der Waals surface area (Å²) in [6.45, 7) is 0.582. The number of likely N-dealkylation sites (tertiary alicyclic amines) is 1. The second-order valence-corrected chi connectivity index (χ2v) is 9.52. The third kappa shape index (κ3) is 8.17. The normalized spacial score (nSPS) is 16.0. The first-order valence-corrected chi connectivity index (χ1v) is 12.9. The molecule has 1 aliphatic rings. The number of guanidine groups is 1. The summed E-state index contributed by atoms with van der Waals surface area (Å²) in [5, 5.41) is 24.3. The lowest BCUT2D eigenvalue weighted by molar-refractivity contribution is -0.140. The number of carboxylic acids is 1. The first-order valence-electron chi connectivity index (χ1n) is 12.9. The number of carbonyl (C=O) groups excluding carboxylic acids is 3. The van der Waals surface area contributed by atoms with Gasteiger partial charge in [0.15, 0.2) is 5.96 Å². The summed E-state index contributed by atoms with van der Waals surface area (Å²) in [7, 11) is 0. The molecular formula is C27H35N7O6. The van der Waals surface area contributed by atoms with Crippen LogP contribution >= 0.6 is 0 Å². The Morgan fingerprint density at radius 3 is 2.50 bits per heavy atom. The Kier molecular flexibility index (Phi) is 10.4. The lowest BCUT2D eigenvalue weighted by Crippen LogP contribution is -2.54. The zero-order chi connectivity index (χ0) is 29.2. The molecule has 1 heterocycles. The summed E-state index contributed by atoms with van der Waals surface area (Å²) < 4.78 is 0. The maximum absolute atomic E-state index is 13.3. The Balaban J connectivity index is 1.71. The predicted molar refractivity (Wildman–Crippen MR) is 148 cm³/mol. The van der Waals surface area contributed by atoms with E-state index < -0.39 is 47.2 Å². The second-order valence-electron chi connectivity index (χ2n) is 9.52. The summed E-state index contributed by atoms with van der Waals surface area (Å²) in [5.41, 5.74) is 17.6. The van der Waals surface area contributed by atoms with Crippen molar-refractivity contribution in [2.75, 3.05) is 18.4 Å². The van der Waals surface area contributed by atoms with Gasteiger partial charge in [0.2, 0.25) is 17.7 Å². The van der Waals surface area contributed by atoms with E-state index in [0.29, 0.717) is 32.2 Å². The largest absolute Gasteiger partial charge is 0.507 e. The molecule has 0 bridgehead atoms. The molecule has 1 aliphatic heterocycles. The van der Waals surface area contributed by atoms with Crippen molar-refractivity contribution in [3.8, 4) is 5.75 Å². The van der Waals surface area contributed by atoms with Crippen LogP contribution in [0.3, 0.4) is 0 Å². The fraction of sp³-hybridized carbons (Fsp3) is 0.370. The number of aromatic carboxylic acids is 1. The van der Waals surface area contributed by atoms with Crippen molar-refractivity contribution in [2.24, 2.45) is 22.2 Å². The molecule has 3 rings (SSSR count). The van der Waals surface area contributed by atoms with Gasteiger partial charge in [0.05, 0.1) is 6.04 Å². The molecule has 2 aromatic carbocycles. The lowest BCUT2D eigenvalue weighted by Gasteiger charge is -2.28. The highest BCUT2D eigenvalue weighted by Crippen LogP contribution is 2.23. The van der Waals surface area contributed by atoms with Crippen molar-refractivity contribution < 1.29 is 29.4 Å². The van der Waals surface area contributed by atoms with Crippen LogP contribution in [0.2, 0.25) is 0 Å². The Morgan fingerprint density at radius 1 is 1.10 bits per heavy atom. The lowest BCUT2D eigenvalue weighted by atomic mass is 10.0. The number of phenols is 1. The van der Waals surface area contributed by atoms with E-state index in [9.17, 15) is 29.4 Å². The predicted octanol–water partition coefficient (Wildman–Crippen LogP) is 0.128. The molecular weight excluding hydrogens is 518 g/mol. The van der Waals surface area contributed by atoms with Crippen LogP contribution in [0.4, 0.5) is 5.69 Å². The number of hydrogen-bond donors (Lipinski definition) is 7. The van der Waals surface area contributed by atoms with Gasteiger partial charge in [-0.3, -0.25) is 19.4 Å². The van der Waals surface area contributed by atoms with Crippen LogP contribution < -0.4 is 27.8 Å². The molecule has 40 heavy (non-hydrogen) atoms. The highest BCUT2D eigenvalue weighted by atomic mass is 16.4. The van der Waals surface area contributed by atoms with Gasteiger partial charge in [-0.25, -0.2) is 4.79 Å². The standard InChI is InChI=1S/C27H35N7O6/c28-19(14-16-6-2-1-3-7-16)25(38)34-13-5-9-21(34)24(37)33-20(8-4-12-31-27(29)30)23(36)32-17-10-11-22(35)18(15-17)26(39)40/h1-3,6-7,10-11,15,19-21,35H,4-5,8-9,12-14,28H2,(H,32,36)(H,33,37)(H,39,40)(H4,29,30,31). The van der Waals surface area contributed by atoms with E-state index in [4.69, 9.17) is 17.2 Å². The van der Waals surface area contributed by atoms with Gasteiger partial charge < -0.3 is 42.9 Å². The molecule has 0 saturated carbocycles. The van der Waals surface area contributed by atoms with Gasteiger partial charge in [0.25, 0.3) is 0 Å². The monoisotopic (exact) mass is 553 g/mol. The number of anilines is 1. The maximum Gasteiger partial charge on any atom is 0.339 e. The minimum Gasteiger partial charge on any atom is -0.507 e. The number of carbonyl (C=O) groups is 4. The highest BCUT2D eigenvalue weighted by Gasteiger charge is 2.37. The van der Waals surface area contributed by atoms with Crippen molar-refractivity contribution >= 4 is 35.3 Å². The fourth-order valence-corrected chi connectivity index (χ4v) is 4.53. The van der Waals surface area contributed by atoms with Gasteiger partial charge in [-0.05, 0) is 55.9 Å². The van der Waals surface area contributed by atoms with E-state index >= 15 is 0 Å². The van der Waals surface area contributed by atoms with Crippen LogP contribution in [-0.2, 0) is 20.8 Å². The van der Waals surface area contributed by atoms with Crippen LogP contribution in [0.5, 0.6) is 5.75 Å². The van der Waals surface area contributed by atoms with E-state index in [2.05, 4.69) is 15.6 Å². The third-order valence-corrected chi connectivity index (χ3v) is 6.53. The van der Waals surface area contributed by atoms with Crippen molar-refractivity contribution in [1.29, 1.82) is 0 Å². The Bertz CT molecular complexity index is 1250. The molecule has 1 saturated heterocycles. The number of aliphatic imine (C=N–C) groups is 1. The van der Waals surface area contributed by atoms with Crippen LogP contribution in [0, 0.1) is 0 Å². The van der Waals surface area contributed by atoms with Gasteiger partial charge in [0, 0.05) is 18.8 Å². The first-order chi connectivity index (χ1) is 19.1. The maximum atomic E-state index is 13.3. The summed E-state index contributed by atoms with van der Waals surface area (Å²) in [5.74, 6) is -3.40. The molecule has 0 aromatic heterocycles. The zero-order valence-electron chi connectivity index (χ0n) is 22.0.